The average Bonchev–Trinajstić information content (AvgIpc) is 3.33. The maximum atomic E-state index is 12.8. The monoisotopic (exact) mass is 691 g/mol. The normalized spacial score (nSPS) is 11.2. The Balaban J connectivity index is 1.20. The first-order chi connectivity index (χ1) is 20.8. The van der Waals surface area contributed by atoms with Gasteiger partial charge in [-0.1, -0.05) is 75.5 Å². The molecule has 0 radical (unpaired) electrons. The minimum atomic E-state index is -0.559. The van der Waals surface area contributed by atoms with Gasteiger partial charge in [0.15, 0.2) is 0 Å². The number of carbonyl (C=O) groups is 3. The van der Waals surface area contributed by atoms with E-state index >= 15 is 0 Å². The summed E-state index contributed by atoms with van der Waals surface area (Å²) in [4.78, 5) is 38.2. The van der Waals surface area contributed by atoms with Gasteiger partial charge >= 0.3 is 5.97 Å². The minimum absolute atomic E-state index is 0.269. The molecular weight excluding hydrogens is 673 g/mol. The van der Waals surface area contributed by atoms with Crippen molar-refractivity contribution in [2.75, 3.05) is 5.32 Å². The van der Waals surface area contributed by atoms with Gasteiger partial charge in [-0.15, -0.1) is 11.3 Å². The highest BCUT2D eigenvalue weighted by molar-refractivity contribution is 9.10. The predicted molar refractivity (Wildman–Crippen MR) is 177 cm³/mol. The van der Waals surface area contributed by atoms with Crippen molar-refractivity contribution in [3.63, 3.8) is 0 Å². The molecule has 7 nitrogen and oxygen atoms in total. The molecule has 0 unspecified atom stereocenters. The van der Waals surface area contributed by atoms with Crippen molar-refractivity contribution >= 4 is 96.3 Å². The number of esters is 1. The molecular formula is C32H20BrCl2N3O4S. The van der Waals surface area contributed by atoms with E-state index in [2.05, 4.69) is 31.8 Å². The van der Waals surface area contributed by atoms with Crippen LogP contribution < -0.4 is 15.5 Å². The Labute approximate surface area is 268 Å². The number of amides is 2. The van der Waals surface area contributed by atoms with Crippen molar-refractivity contribution in [2.45, 2.75) is 0 Å². The summed E-state index contributed by atoms with van der Waals surface area (Å²) in [5, 5.41) is 8.48. The summed E-state index contributed by atoms with van der Waals surface area (Å²) < 4.78 is 7.02. The fourth-order valence-corrected chi connectivity index (χ4v) is 5.95. The maximum absolute atomic E-state index is 12.8. The lowest BCUT2D eigenvalue weighted by atomic mass is 10.2. The zero-order chi connectivity index (χ0) is 30.3. The molecule has 214 valence electrons. The van der Waals surface area contributed by atoms with Crippen molar-refractivity contribution in [1.29, 1.82) is 0 Å². The molecule has 0 atom stereocenters. The molecule has 0 spiro atoms. The van der Waals surface area contributed by atoms with Crippen molar-refractivity contribution in [2.24, 2.45) is 5.10 Å². The van der Waals surface area contributed by atoms with E-state index in [4.69, 9.17) is 27.9 Å². The van der Waals surface area contributed by atoms with Crippen LogP contribution in [0.4, 0.5) is 5.69 Å². The van der Waals surface area contributed by atoms with Crippen LogP contribution in [0.15, 0.2) is 107 Å². The van der Waals surface area contributed by atoms with E-state index in [1.54, 1.807) is 66.7 Å². The number of thiophene rings is 1. The molecule has 0 aliphatic heterocycles. The molecule has 0 aliphatic carbocycles. The van der Waals surface area contributed by atoms with Crippen molar-refractivity contribution in [1.82, 2.24) is 5.43 Å². The molecule has 0 aliphatic rings. The first-order valence-corrected chi connectivity index (χ1v) is 15.0. The van der Waals surface area contributed by atoms with Gasteiger partial charge < -0.3 is 10.1 Å². The molecule has 11 heteroatoms. The number of rotatable bonds is 8. The molecule has 2 N–H and O–H groups in total. The van der Waals surface area contributed by atoms with Gasteiger partial charge in [0.25, 0.3) is 11.8 Å². The van der Waals surface area contributed by atoms with E-state index in [1.807, 2.05) is 30.3 Å². The number of nitrogens with zero attached hydrogens (tertiary/aromatic N) is 1. The Kier molecular flexibility index (Phi) is 9.68. The largest absolute Gasteiger partial charge is 0.423 e. The standard InChI is InChI=1S/C32H20BrCl2N3O4S/c33-22-9-14-26(42-28(39)15-6-19-4-2-1-3-5-19)21(16-22)18-36-38-31(40)20-7-11-24(12-8-20)37-32(41)30-29(35)25-13-10-23(34)17-27(25)43-30/h1-18H,(H,37,41)(H,38,40)/b15-6+,36-18-. The zero-order valence-corrected chi connectivity index (χ0v) is 25.9. The summed E-state index contributed by atoms with van der Waals surface area (Å²) in [6.45, 7) is 0. The van der Waals surface area contributed by atoms with Gasteiger partial charge in [-0.2, -0.15) is 5.10 Å². The first-order valence-electron chi connectivity index (χ1n) is 12.6. The second-order valence-electron chi connectivity index (χ2n) is 8.96. The number of hydrogen-bond acceptors (Lipinski definition) is 6. The van der Waals surface area contributed by atoms with Crippen molar-refractivity contribution in [3.8, 4) is 5.75 Å². The van der Waals surface area contributed by atoms with Crippen LogP contribution in [0.25, 0.3) is 16.2 Å². The smallest absolute Gasteiger partial charge is 0.336 e. The Morgan fingerprint density at radius 2 is 1.65 bits per heavy atom. The summed E-state index contributed by atoms with van der Waals surface area (Å²) in [5.41, 5.74) is 4.59. The SMILES string of the molecule is O=C(/C=C/c1ccccc1)Oc1ccc(Br)cc1/C=N\NC(=O)c1ccc(NC(=O)c2sc3cc(Cl)ccc3c2Cl)cc1. The van der Waals surface area contributed by atoms with Crippen LogP contribution in [0, 0.1) is 0 Å². The molecule has 5 aromatic rings. The lowest BCUT2D eigenvalue weighted by molar-refractivity contribution is -0.128. The van der Waals surface area contributed by atoms with Crippen LogP contribution in [0.3, 0.4) is 0 Å². The first kappa shape index (κ1) is 30.2. The van der Waals surface area contributed by atoms with Gasteiger partial charge in [-0.3, -0.25) is 9.59 Å². The molecule has 0 bridgehead atoms. The van der Waals surface area contributed by atoms with Gasteiger partial charge in [0, 0.05) is 42.5 Å². The molecule has 2 amide bonds. The van der Waals surface area contributed by atoms with Crippen LogP contribution in [0.1, 0.15) is 31.2 Å². The highest BCUT2D eigenvalue weighted by Crippen LogP contribution is 2.37. The Hall–Kier alpha value is -4.28. The van der Waals surface area contributed by atoms with E-state index in [1.165, 1.54) is 23.6 Å². The topological polar surface area (TPSA) is 96.9 Å². The van der Waals surface area contributed by atoms with Crippen molar-refractivity contribution in [3.05, 3.63) is 133 Å². The van der Waals surface area contributed by atoms with E-state index in [0.717, 1.165) is 20.1 Å². The van der Waals surface area contributed by atoms with Gasteiger partial charge in [0.1, 0.15) is 10.6 Å². The maximum Gasteiger partial charge on any atom is 0.336 e. The number of halogens is 3. The zero-order valence-electron chi connectivity index (χ0n) is 22.0. The van der Waals surface area contributed by atoms with Gasteiger partial charge in [-0.05, 0) is 66.2 Å². The second kappa shape index (κ2) is 13.8. The molecule has 0 fully saturated rings. The minimum Gasteiger partial charge on any atom is -0.423 e. The second-order valence-corrected chi connectivity index (χ2v) is 11.7. The third kappa shape index (κ3) is 7.77. The molecule has 5 rings (SSSR count). The lowest BCUT2D eigenvalue weighted by Crippen LogP contribution is -2.18. The fourth-order valence-electron chi connectivity index (χ4n) is 3.89. The molecule has 1 heterocycles. The number of nitrogens with one attached hydrogen (secondary N) is 2. The summed E-state index contributed by atoms with van der Waals surface area (Å²) in [6, 6.07) is 26.0. The van der Waals surface area contributed by atoms with Gasteiger partial charge in [-0.25, -0.2) is 10.2 Å². The van der Waals surface area contributed by atoms with Crippen LogP contribution in [0.2, 0.25) is 10.0 Å². The number of fused-ring (bicyclic) bond motifs is 1. The number of benzene rings is 4. The van der Waals surface area contributed by atoms with E-state index in [-0.39, 0.29) is 11.7 Å². The third-order valence-corrected chi connectivity index (χ3v) is 8.35. The average molecular weight is 693 g/mol. The Bertz CT molecular complexity index is 1890. The summed E-state index contributed by atoms with van der Waals surface area (Å²) >= 11 is 17.1. The van der Waals surface area contributed by atoms with Gasteiger partial charge in [0.2, 0.25) is 0 Å². The number of anilines is 1. The van der Waals surface area contributed by atoms with E-state index < -0.39 is 11.9 Å². The number of hydrazone groups is 1. The molecule has 0 saturated heterocycles. The Morgan fingerprint density at radius 3 is 2.42 bits per heavy atom. The third-order valence-electron chi connectivity index (χ3n) is 5.97. The summed E-state index contributed by atoms with van der Waals surface area (Å²) in [5.74, 6) is -1.13. The van der Waals surface area contributed by atoms with Crippen LogP contribution in [-0.4, -0.2) is 24.0 Å². The summed E-state index contributed by atoms with van der Waals surface area (Å²) in [6.07, 6.45) is 4.36. The quantitative estimate of drug-likeness (QED) is 0.0560. The highest BCUT2D eigenvalue weighted by atomic mass is 79.9. The molecule has 0 saturated carbocycles. The highest BCUT2D eigenvalue weighted by Gasteiger charge is 2.18. The van der Waals surface area contributed by atoms with Crippen LogP contribution >= 0.6 is 50.5 Å². The molecule has 43 heavy (non-hydrogen) atoms. The predicted octanol–water partition coefficient (Wildman–Crippen LogP) is 8.61. The Morgan fingerprint density at radius 1 is 0.884 bits per heavy atom. The molecule has 4 aromatic carbocycles. The van der Waals surface area contributed by atoms with E-state index in [9.17, 15) is 14.4 Å². The lowest BCUT2D eigenvalue weighted by Gasteiger charge is -2.07. The fraction of sp³-hybridized carbons (Fsp3) is 0. The molecule has 1 aromatic heterocycles. The summed E-state index contributed by atoms with van der Waals surface area (Å²) in [7, 11) is 0. The van der Waals surface area contributed by atoms with Crippen LogP contribution in [-0.2, 0) is 4.79 Å². The number of carbonyl (C=O) groups excluding carboxylic acids is 3. The van der Waals surface area contributed by atoms with Crippen LogP contribution in [0.5, 0.6) is 5.75 Å². The van der Waals surface area contributed by atoms with E-state index in [0.29, 0.717) is 31.7 Å². The van der Waals surface area contributed by atoms with Crippen molar-refractivity contribution < 1.29 is 19.1 Å². The van der Waals surface area contributed by atoms with Gasteiger partial charge in [0.05, 0.1) is 11.2 Å². The number of hydrogen-bond donors (Lipinski definition) is 2. The number of ether oxygens (including phenoxy) is 1.